The maximum absolute atomic E-state index is 12.9. The number of para-hydroxylation sites is 1. The molecule has 0 spiro atoms. The molecule has 0 bridgehead atoms. The molecule has 0 fully saturated rings. The van der Waals surface area contributed by atoms with Crippen LogP contribution in [0, 0.1) is 0 Å². The van der Waals surface area contributed by atoms with E-state index in [1.165, 1.54) is 0 Å². The first-order valence-electron chi connectivity index (χ1n) is 9.54. The number of nitrogens with zero attached hydrogens (tertiary/aromatic N) is 3. The molecule has 2 heterocycles. The van der Waals surface area contributed by atoms with Crippen molar-refractivity contribution in [3.05, 3.63) is 70.4 Å². The molecule has 7 heteroatoms. The Kier molecular flexibility index (Phi) is 4.36. The summed E-state index contributed by atoms with van der Waals surface area (Å²) in [5.41, 5.74) is 3.39. The summed E-state index contributed by atoms with van der Waals surface area (Å²) in [5, 5.41) is 8.73. The zero-order valence-electron chi connectivity index (χ0n) is 15.9. The number of methoxy groups -OCH3 is 1. The number of hydrogen-bond donors (Lipinski definition) is 1. The Morgan fingerprint density at radius 2 is 2.03 bits per heavy atom. The van der Waals surface area contributed by atoms with Crippen LogP contribution >= 0.6 is 11.6 Å². The molecule has 146 valence electrons. The van der Waals surface area contributed by atoms with Gasteiger partial charge in [0.05, 0.1) is 7.11 Å². The predicted molar refractivity (Wildman–Crippen MR) is 111 cm³/mol. The third-order valence-electron chi connectivity index (χ3n) is 5.38. The molecule has 1 aliphatic carbocycles. The van der Waals surface area contributed by atoms with Crippen molar-refractivity contribution in [1.29, 1.82) is 0 Å². The summed E-state index contributed by atoms with van der Waals surface area (Å²) in [5.74, 6) is 2.03. The average Bonchev–Trinajstić information content (AvgIpc) is 3.16. The summed E-state index contributed by atoms with van der Waals surface area (Å²) in [6, 6.07) is 14.8. The van der Waals surface area contributed by atoms with Gasteiger partial charge in [-0.25, -0.2) is 4.68 Å². The fourth-order valence-electron chi connectivity index (χ4n) is 4.09. The Bertz CT molecular complexity index is 1150. The van der Waals surface area contributed by atoms with Crippen LogP contribution in [0.2, 0.25) is 5.02 Å². The topological polar surface area (TPSA) is 69.0 Å². The van der Waals surface area contributed by atoms with Crippen molar-refractivity contribution in [2.24, 2.45) is 0 Å². The summed E-state index contributed by atoms with van der Waals surface area (Å²) in [6.07, 6.45) is 2.18. The largest absolute Gasteiger partial charge is 0.496 e. The van der Waals surface area contributed by atoms with E-state index in [2.05, 4.69) is 5.32 Å². The van der Waals surface area contributed by atoms with Gasteiger partial charge >= 0.3 is 0 Å². The number of ketones is 1. The summed E-state index contributed by atoms with van der Waals surface area (Å²) < 4.78 is 7.39. The van der Waals surface area contributed by atoms with Gasteiger partial charge in [0, 0.05) is 33.8 Å². The molecular weight excluding hydrogens is 388 g/mol. The highest BCUT2D eigenvalue weighted by atomic mass is 35.5. The van der Waals surface area contributed by atoms with Crippen molar-refractivity contribution in [3.63, 3.8) is 0 Å². The number of anilines is 1. The Labute approximate surface area is 173 Å². The molecule has 0 saturated carbocycles. The summed E-state index contributed by atoms with van der Waals surface area (Å²) in [6.45, 7) is 0. The number of carbonyl (C=O) groups excluding carboxylic acids is 1. The molecule has 0 radical (unpaired) electrons. The van der Waals surface area contributed by atoms with Crippen LogP contribution in [0.15, 0.2) is 59.8 Å². The van der Waals surface area contributed by atoms with Crippen LogP contribution in [0.5, 0.6) is 5.75 Å². The molecule has 6 nitrogen and oxygen atoms in total. The fraction of sp³-hybridized carbons (Fsp3) is 0.227. The summed E-state index contributed by atoms with van der Waals surface area (Å²) in [4.78, 5) is 17.6. The Morgan fingerprint density at radius 1 is 1.17 bits per heavy atom. The van der Waals surface area contributed by atoms with Gasteiger partial charge in [-0.2, -0.15) is 4.98 Å². The lowest BCUT2D eigenvalue weighted by Crippen LogP contribution is -2.31. The van der Waals surface area contributed by atoms with Crippen molar-refractivity contribution in [3.8, 4) is 17.1 Å². The van der Waals surface area contributed by atoms with E-state index >= 15 is 0 Å². The monoisotopic (exact) mass is 406 g/mol. The number of aromatic nitrogens is 3. The van der Waals surface area contributed by atoms with Crippen LogP contribution in [0.4, 0.5) is 5.95 Å². The number of halogens is 1. The smallest absolute Gasteiger partial charge is 0.226 e. The second-order valence-electron chi connectivity index (χ2n) is 7.15. The normalized spacial score (nSPS) is 18.1. The third kappa shape index (κ3) is 3.00. The van der Waals surface area contributed by atoms with Gasteiger partial charge in [0.15, 0.2) is 11.6 Å². The Hall–Kier alpha value is -3.12. The van der Waals surface area contributed by atoms with E-state index in [1.54, 1.807) is 11.8 Å². The first-order valence-corrected chi connectivity index (χ1v) is 9.92. The lowest BCUT2D eigenvalue weighted by atomic mass is 9.85. The number of ether oxygens (including phenoxy) is 1. The number of benzene rings is 2. The maximum Gasteiger partial charge on any atom is 0.226 e. The van der Waals surface area contributed by atoms with Crippen molar-refractivity contribution in [2.45, 2.75) is 25.3 Å². The Balaban J connectivity index is 1.71. The standard InChI is InChI=1S/C22H19ClN4O2/c1-29-18-11-3-2-8-15(18)20-19-16(9-5-10-17(19)28)24-22-25-21(26-27(20)22)13-6-4-7-14(23)12-13/h2-4,6-8,11-12,20H,5,9-10H2,1H3,(H,24,25,26)/t20-/m0/s1. The number of carbonyl (C=O) groups is 1. The van der Waals surface area contributed by atoms with Crippen molar-refractivity contribution in [2.75, 3.05) is 12.4 Å². The fourth-order valence-corrected chi connectivity index (χ4v) is 4.28. The van der Waals surface area contributed by atoms with Crippen LogP contribution in [0.25, 0.3) is 11.4 Å². The molecule has 3 aromatic rings. The number of rotatable bonds is 3. The second-order valence-corrected chi connectivity index (χ2v) is 7.59. The highest BCUT2D eigenvalue weighted by Crippen LogP contribution is 2.43. The minimum absolute atomic E-state index is 0.139. The third-order valence-corrected chi connectivity index (χ3v) is 5.62. The van der Waals surface area contributed by atoms with Gasteiger partial charge in [-0.1, -0.05) is 41.9 Å². The molecule has 0 unspecified atom stereocenters. The van der Waals surface area contributed by atoms with Crippen molar-refractivity contribution >= 4 is 23.3 Å². The molecule has 2 aliphatic rings. The van der Waals surface area contributed by atoms with Crippen molar-refractivity contribution < 1.29 is 9.53 Å². The predicted octanol–water partition coefficient (Wildman–Crippen LogP) is 4.63. The van der Waals surface area contributed by atoms with E-state index < -0.39 is 0 Å². The van der Waals surface area contributed by atoms with Crippen molar-refractivity contribution in [1.82, 2.24) is 14.8 Å². The molecule has 1 aromatic heterocycles. The van der Waals surface area contributed by atoms with Gasteiger partial charge < -0.3 is 10.1 Å². The minimum atomic E-state index is -0.384. The molecule has 5 rings (SSSR count). The van der Waals surface area contributed by atoms with Gasteiger partial charge in [-0.15, -0.1) is 5.10 Å². The maximum atomic E-state index is 12.9. The number of allylic oxidation sites excluding steroid dienone is 2. The van der Waals surface area contributed by atoms with E-state index in [1.807, 2.05) is 48.5 Å². The lowest BCUT2D eigenvalue weighted by Gasteiger charge is -2.32. The summed E-state index contributed by atoms with van der Waals surface area (Å²) in [7, 11) is 1.64. The van der Waals surface area contributed by atoms with Crippen LogP contribution in [-0.2, 0) is 4.79 Å². The molecule has 1 atom stereocenters. The van der Waals surface area contributed by atoms with E-state index in [0.717, 1.165) is 41.0 Å². The first kappa shape index (κ1) is 17.9. The number of nitrogens with one attached hydrogen (secondary N) is 1. The van der Waals surface area contributed by atoms with Gasteiger partial charge in [-0.05, 0) is 31.0 Å². The lowest BCUT2D eigenvalue weighted by molar-refractivity contribution is -0.116. The second kappa shape index (κ2) is 7.04. The minimum Gasteiger partial charge on any atom is -0.496 e. The molecule has 1 N–H and O–H groups in total. The zero-order chi connectivity index (χ0) is 20.0. The van der Waals surface area contributed by atoms with Gasteiger partial charge in [0.1, 0.15) is 11.8 Å². The summed E-state index contributed by atoms with van der Waals surface area (Å²) >= 11 is 6.16. The van der Waals surface area contributed by atoms with Crippen LogP contribution in [0.1, 0.15) is 30.9 Å². The zero-order valence-corrected chi connectivity index (χ0v) is 16.6. The molecule has 0 amide bonds. The average molecular weight is 407 g/mol. The van der Waals surface area contributed by atoms with E-state index in [4.69, 9.17) is 26.4 Å². The number of Topliss-reactive ketones (excluding diaryl/α,β-unsaturated/α-hetero) is 1. The Morgan fingerprint density at radius 3 is 2.86 bits per heavy atom. The molecule has 2 aromatic carbocycles. The molecule has 0 saturated heterocycles. The van der Waals surface area contributed by atoms with Gasteiger partial charge in [0.2, 0.25) is 5.95 Å². The van der Waals surface area contributed by atoms with E-state index in [0.29, 0.717) is 23.2 Å². The number of fused-ring (bicyclic) bond motifs is 1. The van der Waals surface area contributed by atoms with E-state index in [-0.39, 0.29) is 11.8 Å². The van der Waals surface area contributed by atoms with Crippen LogP contribution in [-0.4, -0.2) is 27.7 Å². The highest BCUT2D eigenvalue weighted by Gasteiger charge is 2.38. The van der Waals surface area contributed by atoms with Gasteiger partial charge in [0.25, 0.3) is 0 Å². The SMILES string of the molecule is COc1ccccc1[C@H]1C2=C(CCCC2=O)Nc2nc(-c3cccc(Cl)c3)nn21. The van der Waals surface area contributed by atoms with Crippen LogP contribution in [0.3, 0.4) is 0 Å². The van der Waals surface area contributed by atoms with Gasteiger partial charge in [-0.3, -0.25) is 4.79 Å². The molecular formula is C22H19ClN4O2. The number of hydrogen-bond acceptors (Lipinski definition) is 5. The van der Waals surface area contributed by atoms with E-state index in [9.17, 15) is 4.79 Å². The molecule has 29 heavy (non-hydrogen) atoms. The highest BCUT2D eigenvalue weighted by molar-refractivity contribution is 6.30. The first-order chi connectivity index (χ1) is 14.2. The quantitative estimate of drug-likeness (QED) is 0.686. The van der Waals surface area contributed by atoms with Crippen LogP contribution < -0.4 is 10.1 Å². The molecule has 1 aliphatic heterocycles.